The van der Waals surface area contributed by atoms with Gasteiger partial charge in [-0.25, -0.2) is 8.78 Å². The standard InChI is InChI=1S/C6H11F2N/c1-6(8)2-3-9-4-5(6)7/h5,9H,2-4H2,1H3/t5-,6+/m0/s1. The normalized spacial score (nSPS) is 45.0. The van der Waals surface area contributed by atoms with E-state index in [1.54, 1.807) is 0 Å². The molecule has 0 aromatic rings. The Balaban J connectivity index is 2.49. The minimum absolute atomic E-state index is 0.160. The van der Waals surface area contributed by atoms with Crippen molar-refractivity contribution in [2.75, 3.05) is 13.1 Å². The van der Waals surface area contributed by atoms with E-state index in [2.05, 4.69) is 5.32 Å². The molecule has 0 spiro atoms. The molecule has 2 atom stereocenters. The number of alkyl halides is 2. The molecule has 1 rings (SSSR count). The number of rotatable bonds is 0. The van der Waals surface area contributed by atoms with Gasteiger partial charge in [0.25, 0.3) is 0 Å². The quantitative estimate of drug-likeness (QED) is 0.523. The zero-order valence-electron chi connectivity index (χ0n) is 5.45. The highest BCUT2D eigenvalue weighted by Gasteiger charge is 2.36. The molecule has 0 aromatic carbocycles. The molecule has 9 heavy (non-hydrogen) atoms. The number of hydrogen-bond acceptors (Lipinski definition) is 1. The van der Waals surface area contributed by atoms with Crippen LogP contribution in [0.1, 0.15) is 13.3 Å². The van der Waals surface area contributed by atoms with Crippen molar-refractivity contribution >= 4 is 0 Å². The predicted molar refractivity (Wildman–Crippen MR) is 31.9 cm³/mol. The fourth-order valence-electron chi connectivity index (χ4n) is 0.931. The van der Waals surface area contributed by atoms with E-state index in [0.29, 0.717) is 6.54 Å². The van der Waals surface area contributed by atoms with Crippen molar-refractivity contribution in [3.05, 3.63) is 0 Å². The van der Waals surface area contributed by atoms with Gasteiger partial charge in [0.15, 0.2) is 0 Å². The van der Waals surface area contributed by atoms with E-state index >= 15 is 0 Å². The minimum Gasteiger partial charge on any atom is -0.314 e. The molecule has 0 saturated carbocycles. The van der Waals surface area contributed by atoms with Crippen molar-refractivity contribution in [2.24, 2.45) is 0 Å². The third kappa shape index (κ3) is 1.39. The first kappa shape index (κ1) is 6.93. The smallest absolute Gasteiger partial charge is 0.146 e. The van der Waals surface area contributed by atoms with Crippen LogP contribution in [-0.2, 0) is 0 Å². The molecule has 3 heteroatoms. The third-order valence-corrected chi connectivity index (χ3v) is 1.77. The number of hydrogen-bond donors (Lipinski definition) is 1. The van der Waals surface area contributed by atoms with Crippen LogP contribution in [0.2, 0.25) is 0 Å². The summed E-state index contributed by atoms with van der Waals surface area (Å²) in [5, 5.41) is 2.78. The molecule has 1 fully saturated rings. The second-order valence-corrected chi connectivity index (χ2v) is 2.70. The highest BCUT2D eigenvalue weighted by molar-refractivity contribution is 4.88. The summed E-state index contributed by atoms with van der Waals surface area (Å²) in [5.74, 6) is 0. The molecule has 0 amide bonds. The predicted octanol–water partition coefficient (Wildman–Crippen LogP) is 1.05. The number of nitrogens with one attached hydrogen (secondary N) is 1. The van der Waals surface area contributed by atoms with Crippen molar-refractivity contribution in [3.63, 3.8) is 0 Å². The molecule has 1 saturated heterocycles. The van der Waals surface area contributed by atoms with Gasteiger partial charge in [0.2, 0.25) is 0 Å². The van der Waals surface area contributed by atoms with Crippen molar-refractivity contribution < 1.29 is 8.78 Å². The van der Waals surface area contributed by atoms with Crippen LogP contribution in [0, 0.1) is 0 Å². The molecule has 1 heterocycles. The molecule has 0 unspecified atom stereocenters. The molecule has 0 aromatic heterocycles. The molecule has 1 aliphatic rings. The van der Waals surface area contributed by atoms with E-state index in [1.165, 1.54) is 6.92 Å². The van der Waals surface area contributed by atoms with Gasteiger partial charge < -0.3 is 5.32 Å². The molecule has 0 aliphatic carbocycles. The Bertz CT molecular complexity index is 103. The van der Waals surface area contributed by atoms with Gasteiger partial charge in [-0.3, -0.25) is 0 Å². The highest BCUT2D eigenvalue weighted by Crippen LogP contribution is 2.24. The van der Waals surface area contributed by atoms with Gasteiger partial charge in [0.05, 0.1) is 0 Å². The Morgan fingerprint density at radius 2 is 2.33 bits per heavy atom. The summed E-state index contributed by atoms with van der Waals surface area (Å²) in [6.07, 6.45) is -1.04. The first-order valence-electron chi connectivity index (χ1n) is 3.16. The van der Waals surface area contributed by atoms with Gasteiger partial charge >= 0.3 is 0 Å². The Hall–Kier alpha value is -0.180. The van der Waals surface area contributed by atoms with Crippen LogP contribution in [-0.4, -0.2) is 24.9 Å². The van der Waals surface area contributed by atoms with Crippen LogP contribution >= 0.6 is 0 Å². The van der Waals surface area contributed by atoms with Crippen LogP contribution in [0.15, 0.2) is 0 Å². The van der Waals surface area contributed by atoms with Crippen LogP contribution in [0.3, 0.4) is 0 Å². The van der Waals surface area contributed by atoms with E-state index in [1.807, 2.05) is 0 Å². The summed E-state index contributed by atoms with van der Waals surface area (Å²) in [7, 11) is 0. The monoisotopic (exact) mass is 135 g/mol. The van der Waals surface area contributed by atoms with Crippen molar-refractivity contribution in [1.82, 2.24) is 5.32 Å². The lowest BCUT2D eigenvalue weighted by atomic mass is 9.95. The SMILES string of the molecule is C[C@@]1(F)CCNC[C@@H]1F. The van der Waals surface area contributed by atoms with Crippen LogP contribution < -0.4 is 5.32 Å². The summed E-state index contributed by atoms with van der Waals surface area (Å²) in [6.45, 7) is 2.07. The lowest BCUT2D eigenvalue weighted by Crippen LogP contribution is -2.46. The molecule has 0 radical (unpaired) electrons. The summed E-state index contributed by atoms with van der Waals surface area (Å²) < 4.78 is 25.4. The third-order valence-electron chi connectivity index (χ3n) is 1.77. The summed E-state index contributed by atoms with van der Waals surface area (Å²) in [4.78, 5) is 0. The van der Waals surface area contributed by atoms with Crippen molar-refractivity contribution in [1.29, 1.82) is 0 Å². The van der Waals surface area contributed by atoms with Gasteiger partial charge in [-0.2, -0.15) is 0 Å². The topological polar surface area (TPSA) is 12.0 Å². The van der Waals surface area contributed by atoms with Gasteiger partial charge in [-0.15, -0.1) is 0 Å². The Kier molecular flexibility index (Phi) is 1.70. The first-order chi connectivity index (χ1) is 4.13. The number of halogens is 2. The Morgan fingerprint density at radius 3 is 2.67 bits per heavy atom. The molecule has 1 aliphatic heterocycles. The zero-order chi connectivity index (χ0) is 6.91. The highest BCUT2D eigenvalue weighted by atomic mass is 19.2. The first-order valence-corrected chi connectivity index (χ1v) is 3.16. The van der Waals surface area contributed by atoms with E-state index in [9.17, 15) is 8.78 Å². The molecular formula is C6H11F2N. The van der Waals surface area contributed by atoms with E-state index < -0.39 is 11.8 Å². The van der Waals surface area contributed by atoms with Crippen LogP contribution in [0.25, 0.3) is 0 Å². The maximum absolute atomic E-state index is 12.8. The zero-order valence-corrected chi connectivity index (χ0v) is 5.45. The summed E-state index contributed by atoms with van der Waals surface area (Å²) >= 11 is 0. The molecular weight excluding hydrogens is 124 g/mol. The maximum atomic E-state index is 12.8. The van der Waals surface area contributed by atoms with Crippen LogP contribution in [0.4, 0.5) is 8.78 Å². The number of piperidine rings is 1. The summed E-state index contributed by atoms with van der Waals surface area (Å²) in [5.41, 5.74) is -1.59. The maximum Gasteiger partial charge on any atom is 0.146 e. The average Bonchev–Trinajstić information content (AvgIpc) is 1.77. The van der Waals surface area contributed by atoms with E-state index in [0.717, 1.165) is 0 Å². The summed E-state index contributed by atoms with van der Waals surface area (Å²) in [6, 6.07) is 0. The van der Waals surface area contributed by atoms with Crippen molar-refractivity contribution in [3.8, 4) is 0 Å². The lowest BCUT2D eigenvalue weighted by Gasteiger charge is -2.29. The minimum atomic E-state index is -1.59. The molecule has 1 N–H and O–H groups in total. The lowest BCUT2D eigenvalue weighted by molar-refractivity contribution is 0.0390. The molecule has 1 nitrogen and oxygen atoms in total. The van der Waals surface area contributed by atoms with Crippen molar-refractivity contribution in [2.45, 2.75) is 25.2 Å². The van der Waals surface area contributed by atoms with Gasteiger partial charge in [-0.1, -0.05) is 0 Å². The van der Waals surface area contributed by atoms with E-state index in [4.69, 9.17) is 0 Å². The Morgan fingerprint density at radius 1 is 1.67 bits per heavy atom. The fourth-order valence-corrected chi connectivity index (χ4v) is 0.931. The average molecular weight is 135 g/mol. The van der Waals surface area contributed by atoms with Gasteiger partial charge in [0, 0.05) is 6.54 Å². The Labute approximate surface area is 53.4 Å². The molecule has 54 valence electrons. The largest absolute Gasteiger partial charge is 0.314 e. The second-order valence-electron chi connectivity index (χ2n) is 2.70. The van der Waals surface area contributed by atoms with Gasteiger partial charge in [0.1, 0.15) is 11.8 Å². The van der Waals surface area contributed by atoms with E-state index in [-0.39, 0.29) is 13.0 Å². The molecule has 0 bridgehead atoms. The fraction of sp³-hybridized carbons (Fsp3) is 1.00. The van der Waals surface area contributed by atoms with Crippen LogP contribution in [0.5, 0.6) is 0 Å². The van der Waals surface area contributed by atoms with Gasteiger partial charge in [-0.05, 0) is 19.9 Å². The second kappa shape index (κ2) is 2.21.